The van der Waals surface area contributed by atoms with Crippen molar-refractivity contribution in [2.24, 2.45) is 0 Å². The zero-order valence-corrected chi connectivity index (χ0v) is 8.34. The Morgan fingerprint density at radius 1 is 1.50 bits per heavy atom. The molecule has 1 rings (SSSR count). The largest absolute Gasteiger partial charge is 0.490 e. The van der Waals surface area contributed by atoms with Crippen LogP contribution in [0.4, 0.5) is 4.39 Å². The van der Waals surface area contributed by atoms with E-state index in [-0.39, 0.29) is 11.5 Å². The minimum Gasteiger partial charge on any atom is -0.490 e. The zero-order valence-electron chi connectivity index (χ0n) is 8.34. The number of rotatable bonds is 4. The van der Waals surface area contributed by atoms with Gasteiger partial charge in [-0.3, -0.25) is 4.79 Å². The van der Waals surface area contributed by atoms with Crippen molar-refractivity contribution in [3.05, 3.63) is 29.6 Å². The van der Waals surface area contributed by atoms with Crippen LogP contribution < -0.4 is 4.74 Å². The second-order valence-corrected chi connectivity index (χ2v) is 3.02. The predicted molar refractivity (Wildman–Crippen MR) is 52.2 cm³/mol. The van der Waals surface area contributed by atoms with Crippen LogP contribution >= 0.6 is 0 Å². The van der Waals surface area contributed by atoms with Gasteiger partial charge in [-0.15, -0.1) is 0 Å². The molecule has 0 amide bonds. The maximum absolute atomic E-state index is 13.3. The third-order valence-electron chi connectivity index (χ3n) is 1.80. The van der Waals surface area contributed by atoms with Gasteiger partial charge in [0.15, 0.2) is 17.3 Å². The molecule has 2 nitrogen and oxygen atoms in total. The number of carbonyl (C=O) groups excluding carboxylic acids is 1. The number of ketones is 1. The number of hydrogen-bond acceptors (Lipinski definition) is 2. The van der Waals surface area contributed by atoms with Crippen LogP contribution in [0.5, 0.6) is 5.75 Å². The highest BCUT2D eigenvalue weighted by Crippen LogP contribution is 2.23. The summed E-state index contributed by atoms with van der Waals surface area (Å²) in [6.07, 6.45) is 0.783. The molecule has 0 aliphatic rings. The van der Waals surface area contributed by atoms with Gasteiger partial charge in [0, 0.05) is 0 Å². The number of benzene rings is 1. The molecule has 0 aliphatic heterocycles. The highest BCUT2D eigenvalue weighted by Gasteiger charge is 2.12. The maximum atomic E-state index is 13.3. The molecule has 0 N–H and O–H groups in total. The number of para-hydroxylation sites is 1. The molecule has 0 heterocycles. The summed E-state index contributed by atoms with van der Waals surface area (Å²) >= 11 is 0. The SMILES string of the molecule is CCCOc1c(F)cccc1C(C)=O. The molecule has 0 unspecified atom stereocenters. The van der Waals surface area contributed by atoms with Crippen LogP contribution in [-0.2, 0) is 0 Å². The first-order valence-electron chi connectivity index (χ1n) is 4.59. The van der Waals surface area contributed by atoms with Gasteiger partial charge in [0.2, 0.25) is 0 Å². The molecular formula is C11H13FO2. The second-order valence-electron chi connectivity index (χ2n) is 3.02. The van der Waals surface area contributed by atoms with E-state index >= 15 is 0 Å². The monoisotopic (exact) mass is 196 g/mol. The minimum atomic E-state index is -0.480. The van der Waals surface area contributed by atoms with Gasteiger partial charge >= 0.3 is 0 Å². The molecule has 0 fully saturated rings. The van der Waals surface area contributed by atoms with Gasteiger partial charge in [-0.05, 0) is 25.5 Å². The van der Waals surface area contributed by atoms with Crippen molar-refractivity contribution in [3.8, 4) is 5.75 Å². The van der Waals surface area contributed by atoms with Crippen molar-refractivity contribution >= 4 is 5.78 Å². The summed E-state index contributed by atoms with van der Waals surface area (Å²) in [5, 5.41) is 0. The van der Waals surface area contributed by atoms with Crippen molar-refractivity contribution in [2.75, 3.05) is 6.61 Å². The molecule has 76 valence electrons. The minimum absolute atomic E-state index is 0.0712. The normalized spacial score (nSPS) is 9.93. The van der Waals surface area contributed by atoms with Crippen LogP contribution in [0.2, 0.25) is 0 Å². The van der Waals surface area contributed by atoms with Gasteiger partial charge < -0.3 is 4.74 Å². The molecule has 0 spiro atoms. The van der Waals surface area contributed by atoms with Gasteiger partial charge in [0.1, 0.15) is 0 Å². The van der Waals surface area contributed by atoms with E-state index in [1.54, 1.807) is 6.07 Å². The summed E-state index contributed by atoms with van der Waals surface area (Å²) in [6.45, 7) is 3.74. The average Bonchev–Trinajstić information content (AvgIpc) is 2.15. The molecule has 1 aromatic rings. The van der Waals surface area contributed by atoms with E-state index in [1.165, 1.54) is 19.1 Å². The van der Waals surface area contributed by atoms with E-state index in [0.29, 0.717) is 12.2 Å². The van der Waals surface area contributed by atoms with Crippen molar-refractivity contribution in [1.29, 1.82) is 0 Å². The van der Waals surface area contributed by atoms with Gasteiger partial charge in [0.25, 0.3) is 0 Å². The molecule has 1 aromatic carbocycles. The summed E-state index contributed by atoms with van der Waals surface area (Å²) < 4.78 is 18.4. The third-order valence-corrected chi connectivity index (χ3v) is 1.80. The molecule has 0 bridgehead atoms. The molecule has 0 aromatic heterocycles. The first kappa shape index (κ1) is 10.7. The number of Topliss-reactive ketones (excluding diaryl/α,β-unsaturated/α-hetero) is 1. The Morgan fingerprint density at radius 2 is 2.21 bits per heavy atom. The van der Waals surface area contributed by atoms with Crippen LogP contribution in [0.1, 0.15) is 30.6 Å². The molecule has 0 atom stereocenters. The maximum Gasteiger partial charge on any atom is 0.165 e. The van der Waals surface area contributed by atoms with Crippen LogP contribution in [0.25, 0.3) is 0 Å². The lowest BCUT2D eigenvalue weighted by molar-refractivity contribution is 0.101. The van der Waals surface area contributed by atoms with Gasteiger partial charge in [0.05, 0.1) is 12.2 Å². The summed E-state index contributed by atoms with van der Waals surface area (Å²) in [7, 11) is 0. The summed E-state index contributed by atoms with van der Waals surface area (Å²) in [5.41, 5.74) is 0.304. The lowest BCUT2D eigenvalue weighted by atomic mass is 10.1. The number of ether oxygens (including phenoxy) is 1. The molecule has 0 radical (unpaired) electrons. The van der Waals surface area contributed by atoms with Crippen molar-refractivity contribution in [1.82, 2.24) is 0 Å². The number of carbonyl (C=O) groups is 1. The van der Waals surface area contributed by atoms with Gasteiger partial charge in [-0.1, -0.05) is 13.0 Å². The average molecular weight is 196 g/mol. The van der Waals surface area contributed by atoms with E-state index in [9.17, 15) is 9.18 Å². The second kappa shape index (κ2) is 4.74. The molecule has 14 heavy (non-hydrogen) atoms. The third kappa shape index (κ3) is 2.31. The van der Waals surface area contributed by atoms with Gasteiger partial charge in [-0.25, -0.2) is 4.39 Å². The highest BCUT2D eigenvalue weighted by atomic mass is 19.1. The molecule has 3 heteroatoms. The van der Waals surface area contributed by atoms with Crippen molar-refractivity contribution < 1.29 is 13.9 Å². The zero-order chi connectivity index (χ0) is 10.6. The van der Waals surface area contributed by atoms with Crippen LogP contribution in [-0.4, -0.2) is 12.4 Å². The first-order valence-corrected chi connectivity index (χ1v) is 4.59. The molecule has 0 saturated heterocycles. The molecule has 0 aliphatic carbocycles. The fourth-order valence-corrected chi connectivity index (χ4v) is 1.14. The van der Waals surface area contributed by atoms with Crippen LogP contribution in [0.3, 0.4) is 0 Å². The Labute approximate surface area is 82.7 Å². The Morgan fingerprint density at radius 3 is 2.79 bits per heavy atom. The Bertz CT molecular complexity index is 334. The standard InChI is InChI=1S/C11H13FO2/c1-3-7-14-11-9(8(2)13)5-4-6-10(11)12/h4-6H,3,7H2,1-2H3. The summed E-state index contributed by atoms with van der Waals surface area (Å²) in [6, 6.07) is 4.36. The van der Waals surface area contributed by atoms with E-state index < -0.39 is 5.82 Å². The molecule has 0 saturated carbocycles. The van der Waals surface area contributed by atoms with Crippen molar-refractivity contribution in [2.45, 2.75) is 20.3 Å². The van der Waals surface area contributed by atoms with E-state index in [2.05, 4.69) is 0 Å². The van der Waals surface area contributed by atoms with E-state index in [0.717, 1.165) is 6.42 Å². The first-order chi connectivity index (χ1) is 6.66. The smallest absolute Gasteiger partial charge is 0.165 e. The topological polar surface area (TPSA) is 26.3 Å². The fraction of sp³-hybridized carbons (Fsp3) is 0.364. The Hall–Kier alpha value is -1.38. The highest BCUT2D eigenvalue weighted by molar-refractivity contribution is 5.96. The number of hydrogen-bond donors (Lipinski definition) is 0. The fourth-order valence-electron chi connectivity index (χ4n) is 1.14. The predicted octanol–water partition coefficient (Wildman–Crippen LogP) is 2.82. The quantitative estimate of drug-likeness (QED) is 0.692. The summed E-state index contributed by atoms with van der Waals surface area (Å²) in [5.74, 6) is -0.594. The van der Waals surface area contributed by atoms with Crippen molar-refractivity contribution in [3.63, 3.8) is 0 Å². The van der Waals surface area contributed by atoms with E-state index in [1.807, 2.05) is 6.92 Å². The lowest BCUT2D eigenvalue weighted by Gasteiger charge is -2.09. The lowest BCUT2D eigenvalue weighted by Crippen LogP contribution is -2.04. The van der Waals surface area contributed by atoms with E-state index in [4.69, 9.17) is 4.74 Å². The van der Waals surface area contributed by atoms with Crippen LogP contribution in [0, 0.1) is 5.82 Å². The number of halogens is 1. The van der Waals surface area contributed by atoms with Crippen LogP contribution in [0.15, 0.2) is 18.2 Å². The molecular weight excluding hydrogens is 183 g/mol. The van der Waals surface area contributed by atoms with Gasteiger partial charge in [-0.2, -0.15) is 0 Å². The Kier molecular flexibility index (Phi) is 3.63. The Balaban J connectivity index is 3.02. The summed E-state index contributed by atoms with van der Waals surface area (Å²) in [4.78, 5) is 11.1.